The van der Waals surface area contributed by atoms with Crippen molar-refractivity contribution in [2.45, 2.75) is 47.6 Å². The number of rotatable bonds is 9. The van der Waals surface area contributed by atoms with Gasteiger partial charge in [-0.15, -0.1) is 11.3 Å². The van der Waals surface area contributed by atoms with Crippen molar-refractivity contribution in [1.82, 2.24) is 19.3 Å². The number of benzene rings is 1. The van der Waals surface area contributed by atoms with Crippen molar-refractivity contribution in [2.24, 2.45) is 0 Å². The maximum atomic E-state index is 13.7. The Morgan fingerprint density at radius 2 is 1.66 bits per heavy atom. The smallest absolute Gasteiger partial charge is 0.348 e. The summed E-state index contributed by atoms with van der Waals surface area (Å²) >= 11 is 0.912. The highest BCUT2D eigenvalue weighted by molar-refractivity contribution is 7.18. The molecule has 0 aliphatic carbocycles. The molecule has 3 aromatic heterocycles. The first-order valence-electron chi connectivity index (χ1n) is 13.1. The van der Waals surface area contributed by atoms with E-state index in [0.717, 1.165) is 22.6 Å². The van der Waals surface area contributed by atoms with Crippen LogP contribution in [0.1, 0.15) is 63.8 Å². The van der Waals surface area contributed by atoms with Gasteiger partial charge in [-0.25, -0.2) is 19.3 Å². The number of ether oxygens (including phenoxy) is 2. The summed E-state index contributed by atoms with van der Waals surface area (Å²) in [5, 5.41) is 7.36. The molecular formula is C29H31N5O6S. The maximum absolute atomic E-state index is 13.7. The number of aromatic nitrogens is 4. The number of aryl methyl sites for hydroxylation is 2. The van der Waals surface area contributed by atoms with Crippen LogP contribution in [0.15, 0.2) is 47.3 Å². The summed E-state index contributed by atoms with van der Waals surface area (Å²) in [6.45, 7) is 10.4. The van der Waals surface area contributed by atoms with E-state index in [-0.39, 0.29) is 34.6 Å². The maximum Gasteiger partial charge on any atom is 0.348 e. The van der Waals surface area contributed by atoms with Gasteiger partial charge in [0.25, 0.3) is 5.56 Å². The highest BCUT2D eigenvalue weighted by Gasteiger charge is 2.30. The first-order valence-corrected chi connectivity index (χ1v) is 13.9. The van der Waals surface area contributed by atoms with Crippen LogP contribution in [0.2, 0.25) is 0 Å². The summed E-state index contributed by atoms with van der Waals surface area (Å²) in [7, 11) is 0. The molecule has 1 amide bonds. The van der Waals surface area contributed by atoms with Crippen molar-refractivity contribution in [3.05, 3.63) is 80.2 Å². The molecule has 0 saturated carbocycles. The van der Waals surface area contributed by atoms with Crippen LogP contribution < -0.4 is 10.9 Å². The molecule has 1 aromatic carbocycles. The fourth-order valence-corrected chi connectivity index (χ4v) is 5.45. The number of amides is 1. The summed E-state index contributed by atoms with van der Waals surface area (Å²) in [5.74, 6) is -1.75. The third-order valence-electron chi connectivity index (χ3n) is 6.29. The Kier molecular flexibility index (Phi) is 8.82. The zero-order valence-electron chi connectivity index (χ0n) is 23.7. The number of anilines is 1. The summed E-state index contributed by atoms with van der Waals surface area (Å²) in [6, 6.07) is 11.4. The average molecular weight is 578 g/mol. The van der Waals surface area contributed by atoms with Gasteiger partial charge in [0, 0.05) is 17.3 Å². The molecule has 12 heteroatoms. The minimum Gasteiger partial charge on any atom is -0.462 e. The summed E-state index contributed by atoms with van der Waals surface area (Å²) in [4.78, 5) is 57.5. The van der Waals surface area contributed by atoms with Gasteiger partial charge in [-0.05, 0) is 53.2 Å². The van der Waals surface area contributed by atoms with E-state index in [9.17, 15) is 19.2 Å². The van der Waals surface area contributed by atoms with Crippen molar-refractivity contribution < 1.29 is 23.9 Å². The lowest BCUT2D eigenvalue weighted by Gasteiger charge is -2.20. The van der Waals surface area contributed by atoms with Gasteiger partial charge in [0.05, 0.1) is 30.2 Å². The molecule has 0 aliphatic heterocycles. The van der Waals surface area contributed by atoms with E-state index in [1.165, 1.54) is 15.3 Å². The number of hydrogen-bond donors (Lipinski definition) is 1. The number of nitrogens with one attached hydrogen (secondary N) is 1. The van der Waals surface area contributed by atoms with E-state index in [1.807, 2.05) is 50.2 Å². The number of esters is 2. The molecule has 0 spiro atoms. The quantitative estimate of drug-likeness (QED) is 0.285. The number of carbonyl (C=O) groups is 3. The Hall–Kier alpha value is -4.58. The second-order valence-electron chi connectivity index (χ2n) is 9.22. The number of carbonyl (C=O) groups excluding carboxylic acids is 3. The second-order valence-corrected chi connectivity index (χ2v) is 10.2. The number of nitrogens with zero attached hydrogens (tertiary/aromatic N) is 4. The van der Waals surface area contributed by atoms with E-state index in [1.54, 1.807) is 27.7 Å². The van der Waals surface area contributed by atoms with Crippen molar-refractivity contribution in [3.63, 3.8) is 0 Å². The van der Waals surface area contributed by atoms with Crippen LogP contribution in [0.5, 0.6) is 0 Å². The molecular weight excluding hydrogens is 546 g/mol. The molecule has 0 saturated heterocycles. The Balaban J connectivity index is 1.80. The number of hydrogen-bond acceptors (Lipinski definition) is 9. The van der Waals surface area contributed by atoms with Crippen molar-refractivity contribution in [3.8, 4) is 17.2 Å². The third kappa shape index (κ3) is 5.97. The highest BCUT2D eigenvalue weighted by atomic mass is 32.1. The third-order valence-corrected chi connectivity index (χ3v) is 7.48. The van der Waals surface area contributed by atoms with Crippen LogP contribution in [-0.4, -0.2) is 50.4 Å². The van der Waals surface area contributed by atoms with Gasteiger partial charge in [0.2, 0.25) is 11.9 Å². The monoisotopic (exact) mass is 577 g/mol. The standard InChI is InChI=1S/C29H31N5O6S/c1-7-39-27(37)23-18(5)24(28(38)40-8-2)41-26(23)31-25(36)19(6)33-22(35)15-21(20-12-10-9-11-13-20)30-29(33)34-17(4)14-16(3)32-34/h9-15,19H,7-8H2,1-6H3,(H,31,36). The molecule has 41 heavy (non-hydrogen) atoms. The molecule has 0 aliphatic rings. The lowest BCUT2D eigenvalue weighted by Crippen LogP contribution is -2.35. The van der Waals surface area contributed by atoms with Crippen LogP contribution >= 0.6 is 11.3 Å². The Morgan fingerprint density at radius 1 is 1.00 bits per heavy atom. The topological polar surface area (TPSA) is 134 Å². The van der Waals surface area contributed by atoms with Gasteiger partial charge in [-0.1, -0.05) is 30.3 Å². The van der Waals surface area contributed by atoms with Gasteiger partial charge < -0.3 is 14.8 Å². The van der Waals surface area contributed by atoms with Gasteiger partial charge >= 0.3 is 11.9 Å². The van der Waals surface area contributed by atoms with Crippen LogP contribution in [0, 0.1) is 20.8 Å². The zero-order chi connectivity index (χ0) is 29.8. The van der Waals surface area contributed by atoms with Gasteiger partial charge in [0.15, 0.2) is 0 Å². The van der Waals surface area contributed by atoms with Crippen molar-refractivity contribution in [1.29, 1.82) is 0 Å². The molecule has 4 aromatic rings. The highest BCUT2D eigenvalue weighted by Crippen LogP contribution is 2.35. The average Bonchev–Trinajstić information content (AvgIpc) is 3.45. The van der Waals surface area contributed by atoms with E-state index in [0.29, 0.717) is 17.0 Å². The zero-order valence-corrected chi connectivity index (χ0v) is 24.5. The Labute approximate surface area is 240 Å². The van der Waals surface area contributed by atoms with E-state index in [2.05, 4.69) is 10.4 Å². The first-order chi connectivity index (χ1) is 19.6. The molecule has 1 N–H and O–H groups in total. The van der Waals surface area contributed by atoms with E-state index >= 15 is 0 Å². The SMILES string of the molecule is CCOC(=O)c1sc(NC(=O)C(C)n2c(-n3nc(C)cc3C)nc(-c3ccccc3)cc2=O)c(C(=O)OCC)c1C. The molecule has 1 unspecified atom stereocenters. The molecule has 1 atom stereocenters. The largest absolute Gasteiger partial charge is 0.462 e. The van der Waals surface area contributed by atoms with Gasteiger partial charge in [-0.2, -0.15) is 5.10 Å². The van der Waals surface area contributed by atoms with Crippen LogP contribution in [0.3, 0.4) is 0 Å². The summed E-state index contributed by atoms with van der Waals surface area (Å²) in [6.07, 6.45) is 0. The van der Waals surface area contributed by atoms with Crippen LogP contribution in [-0.2, 0) is 14.3 Å². The predicted octanol–water partition coefficient (Wildman–Crippen LogP) is 4.64. The van der Waals surface area contributed by atoms with E-state index in [4.69, 9.17) is 14.5 Å². The Morgan fingerprint density at radius 3 is 2.27 bits per heavy atom. The fourth-order valence-electron chi connectivity index (χ4n) is 4.36. The molecule has 214 valence electrons. The lowest BCUT2D eigenvalue weighted by molar-refractivity contribution is -0.118. The summed E-state index contributed by atoms with van der Waals surface area (Å²) < 4.78 is 13.1. The van der Waals surface area contributed by atoms with Gasteiger partial charge in [0.1, 0.15) is 15.9 Å². The van der Waals surface area contributed by atoms with Crippen molar-refractivity contribution >= 4 is 34.2 Å². The second kappa shape index (κ2) is 12.3. The molecule has 0 radical (unpaired) electrons. The lowest BCUT2D eigenvalue weighted by atomic mass is 10.1. The molecule has 0 fully saturated rings. The molecule has 0 bridgehead atoms. The van der Waals surface area contributed by atoms with Gasteiger partial charge in [-0.3, -0.25) is 14.2 Å². The number of thiophene rings is 1. The molecule has 11 nitrogen and oxygen atoms in total. The normalized spacial score (nSPS) is 11.7. The first kappa shape index (κ1) is 29.4. The van der Waals surface area contributed by atoms with Crippen LogP contribution in [0.4, 0.5) is 5.00 Å². The molecule has 4 rings (SSSR count). The minimum absolute atomic E-state index is 0.0594. The van der Waals surface area contributed by atoms with Crippen molar-refractivity contribution in [2.75, 3.05) is 18.5 Å². The molecule has 3 heterocycles. The fraction of sp³-hybridized carbons (Fsp3) is 0.310. The Bertz CT molecular complexity index is 1670. The van der Waals surface area contributed by atoms with Crippen LogP contribution in [0.25, 0.3) is 17.2 Å². The summed E-state index contributed by atoms with van der Waals surface area (Å²) in [5.41, 5.74) is 2.53. The minimum atomic E-state index is -1.08. The predicted molar refractivity (Wildman–Crippen MR) is 155 cm³/mol. The van der Waals surface area contributed by atoms with E-state index < -0.39 is 29.4 Å².